The molecule has 2 atom stereocenters. The Kier molecular flexibility index (Phi) is 9.63. The van der Waals surface area contributed by atoms with Crippen LogP contribution in [0.25, 0.3) is 0 Å². The van der Waals surface area contributed by atoms with E-state index >= 15 is 0 Å². The number of hydrogen-bond acceptors (Lipinski definition) is 4. The molecule has 1 fully saturated rings. The second-order valence-corrected chi connectivity index (χ2v) is 8.00. The lowest BCUT2D eigenvalue weighted by molar-refractivity contribution is -0.207. The molecule has 5 nitrogen and oxygen atoms in total. The largest absolute Gasteiger partial charge is 0.494 e. The van der Waals surface area contributed by atoms with Crippen molar-refractivity contribution < 1.29 is 31.8 Å². The van der Waals surface area contributed by atoms with E-state index in [1.165, 1.54) is 37.4 Å². The first-order chi connectivity index (χ1) is 15.2. The number of carbonyl (C=O) groups excluding carboxylic acids is 1. The van der Waals surface area contributed by atoms with E-state index in [-0.39, 0.29) is 29.8 Å². The molecule has 0 aliphatic carbocycles. The maximum atomic E-state index is 13.7. The minimum Gasteiger partial charge on any atom is -0.494 e. The van der Waals surface area contributed by atoms with Crippen LogP contribution < -0.4 is 10.1 Å². The van der Waals surface area contributed by atoms with Gasteiger partial charge in [0.05, 0.1) is 7.11 Å². The third kappa shape index (κ3) is 7.65. The van der Waals surface area contributed by atoms with E-state index < -0.39 is 30.7 Å². The summed E-state index contributed by atoms with van der Waals surface area (Å²) in [7, 11) is 1.36. The minimum atomic E-state index is -4.73. The summed E-state index contributed by atoms with van der Waals surface area (Å²) in [6.07, 6.45) is -6.82. The monoisotopic (exact) mass is 510 g/mol. The molecule has 2 aromatic rings. The number of piperidine rings is 1. The number of anilines is 1. The van der Waals surface area contributed by atoms with Gasteiger partial charge in [-0.1, -0.05) is 17.7 Å². The summed E-state index contributed by atoms with van der Waals surface area (Å²) in [4.78, 5) is 13.7. The van der Waals surface area contributed by atoms with Crippen LogP contribution in [0.2, 0.25) is 5.02 Å². The third-order valence-corrected chi connectivity index (χ3v) is 5.53. The molecule has 1 heterocycles. The highest BCUT2D eigenvalue weighted by Gasteiger charge is 2.44. The van der Waals surface area contributed by atoms with Crippen LogP contribution in [0.15, 0.2) is 42.5 Å². The predicted molar refractivity (Wildman–Crippen MR) is 120 cm³/mol. The molecule has 0 radical (unpaired) electrons. The van der Waals surface area contributed by atoms with Crippen molar-refractivity contribution in [1.29, 1.82) is 0 Å². The van der Waals surface area contributed by atoms with E-state index in [0.29, 0.717) is 24.5 Å². The van der Waals surface area contributed by atoms with Crippen LogP contribution in [0.1, 0.15) is 24.3 Å². The first kappa shape index (κ1) is 27.0. The summed E-state index contributed by atoms with van der Waals surface area (Å²) < 4.78 is 64.2. The second-order valence-electron chi connectivity index (χ2n) is 7.56. The van der Waals surface area contributed by atoms with Crippen LogP contribution in [-0.4, -0.2) is 50.0 Å². The van der Waals surface area contributed by atoms with Crippen LogP contribution in [0, 0.1) is 5.82 Å². The van der Waals surface area contributed by atoms with Crippen LogP contribution >= 0.6 is 24.0 Å². The highest BCUT2D eigenvalue weighted by molar-refractivity contribution is 6.30. The molecule has 33 heavy (non-hydrogen) atoms. The van der Waals surface area contributed by atoms with E-state index in [1.54, 1.807) is 17.0 Å². The van der Waals surface area contributed by atoms with Gasteiger partial charge in [-0.25, -0.2) is 9.18 Å². The highest BCUT2D eigenvalue weighted by atomic mass is 35.5. The molecule has 1 saturated heterocycles. The number of ether oxygens (including phenoxy) is 2. The van der Waals surface area contributed by atoms with Gasteiger partial charge in [0.15, 0.2) is 11.6 Å². The summed E-state index contributed by atoms with van der Waals surface area (Å²) in [5.41, 5.74) is 1.06. The number of methoxy groups -OCH3 is 1. The second kappa shape index (κ2) is 11.8. The number of halogens is 6. The third-order valence-electron chi connectivity index (χ3n) is 5.28. The van der Waals surface area contributed by atoms with Gasteiger partial charge in [-0.05, 0) is 67.3 Å². The number of rotatable bonds is 6. The molecule has 182 valence electrons. The molecule has 0 bridgehead atoms. The lowest BCUT2D eigenvalue weighted by Crippen LogP contribution is -2.47. The van der Waals surface area contributed by atoms with E-state index in [9.17, 15) is 22.4 Å². The Bertz CT molecular complexity index is 929. The minimum absolute atomic E-state index is 0. The topological polar surface area (TPSA) is 50.8 Å². The van der Waals surface area contributed by atoms with Crippen molar-refractivity contribution in [2.75, 3.05) is 32.1 Å². The van der Waals surface area contributed by atoms with Crippen molar-refractivity contribution in [2.45, 2.75) is 31.0 Å². The first-order valence-corrected chi connectivity index (χ1v) is 10.4. The fourth-order valence-corrected chi connectivity index (χ4v) is 3.80. The molecule has 0 spiro atoms. The van der Waals surface area contributed by atoms with Crippen molar-refractivity contribution in [2.24, 2.45) is 0 Å². The van der Waals surface area contributed by atoms with Gasteiger partial charge in [0.25, 0.3) is 0 Å². The van der Waals surface area contributed by atoms with Gasteiger partial charge in [0.2, 0.25) is 6.10 Å². The molecular weight excluding hydrogens is 487 g/mol. The Morgan fingerprint density at radius 3 is 2.58 bits per heavy atom. The smallest absolute Gasteiger partial charge is 0.426 e. The van der Waals surface area contributed by atoms with Crippen LogP contribution in [0.4, 0.5) is 28.0 Å². The van der Waals surface area contributed by atoms with Crippen molar-refractivity contribution in [3.63, 3.8) is 0 Å². The molecule has 0 aromatic heterocycles. The zero-order valence-electron chi connectivity index (χ0n) is 17.7. The predicted octanol–water partition coefficient (Wildman–Crippen LogP) is 6.27. The normalized spacial score (nSPS) is 17.6. The average molecular weight is 511 g/mol. The van der Waals surface area contributed by atoms with Gasteiger partial charge in [0, 0.05) is 23.8 Å². The van der Waals surface area contributed by atoms with Crippen molar-refractivity contribution in [3.8, 4) is 5.75 Å². The molecule has 0 unspecified atom stereocenters. The lowest BCUT2D eigenvalue weighted by atomic mass is 9.90. The Hall–Kier alpha value is -2.23. The number of likely N-dealkylation sites (tertiary alicyclic amines) is 1. The standard InChI is InChI=1S/C22H23ClF4N2O3.ClH/c1-31-19-11-14(4-9-18(19)24)15-3-2-10-29(12-15)13-20(22(25,26)27)32-21(30)28-17-7-5-16(23)6-8-17;/h4-9,11,15,20H,2-3,10,12-13H2,1H3,(H,28,30);1H/t15-,20-;/m0./s1. The van der Waals surface area contributed by atoms with Gasteiger partial charge in [-0.15, -0.1) is 12.4 Å². The van der Waals surface area contributed by atoms with Crippen molar-refractivity contribution >= 4 is 35.8 Å². The summed E-state index contributed by atoms with van der Waals surface area (Å²) in [5, 5.41) is 2.70. The lowest BCUT2D eigenvalue weighted by Gasteiger charge is -2.35. The number of hydrogen-bond donors (Lipinski definition) is 1. The summed E-state index contributed by atoms with van der Waals surface area (Å²) in [5.74, 6) is -0.494. The number of alkyl halides is 3. The van der Waals surface area contributed by atoms with Crippen LogP contribution in [0.3, 0.4) is 0 Å². The molecule has 1 aliphatic rings. The molecule has 1 aliphatic heterocycles. The fraction of sp³-hybridized carbons (Fsp3) is 0.409. The Balaban J connectivity index is 0.00000385. The molecule has 1 N–H and O–H groups in total. The van der Waals surface area contributed by atoms with E-state index in [1.807, 2.05) is 0 Å². The van der Waals surface area contributed by atoms with Gasteiger partial charge in [0.1, 0.15) is 0 Å². The molecule has 1 amide bonds. The molecular formula is C22H24Cl2F4N2O3. The zero-order chi connectivity index (χ0) is 23.3. The highest BCUT2D eigenvalue weighted by Crippen LogP contribution is 2.32. The molecule has 3 rings (SSSR count). The van der Waals surface area contributed by atoms with Gasteiger partial charge in [-0.3, -0.25) is 10.2 Å². The Labute approximate surface area is 200 Å². The Morgan fingerprint density at radius 2 is 1.94 bits per heavy atom. The summed E-state index contributed by atoms with van der Waals surface area (Å²) in [6.45, 7) is 0.263. The SMILES string of the molecule is COc1cc([C@H]2CCCN(C[C@H](OC(=O)Nc3ccc(Cl)cc3)C(F)(F)F)C2)ccc1F.Cl. The number of amides is 1. The summed E-state index contributed by atoms with van der Waals surface area (Å²) >= 11 is 5.76. The number of nitrogens with zero attached hydrogens (tertiary/aromatic N) is 1. The molecule has 2 aromatic carbocycles. The quantitative estimate of drug-likeness (QED) is 0.465. The first-order valence-electron chi connectivity index (χ1n) is 10.0. The maximum Gasteiger partial charge on any atom is 0.426 e. The van der Waals surface area contributed by atoms with Crippen molar-refractivity contribution in [1.82, 2.24) is 4.90 Å². The van der Waals surface area contributed by atoms with Crippen LogP contribution in [0.5, 0.6) is 5.75 Å². The van der Waals surface area contributed by atoms with E-state index in [4.69, 9.17) is 21.1 Å². The Morgan fingerprint density at radius 1 is 1.24 bits per heavy atom. The molecule has 0 saturated carbocycles. The van der Waals surface area contributed by atoms with Gasteiger partial charge in [-0.2, -0.15) is 13.2 Å². The maximum absolute atomic E-state index is 13.7. The number of carbonyl (C=O) groups is 1. The molecule has 11 heteroatoms. The number of benzene rings is 2. The van der Waals surface area contributed by atoms with E-state index in [0.717, 1.165) is 12.0 Å². The fourth-order valence-electron chi connectivity index (χ4n) is 3.68. The summed E-state index contributed by atoms with van der Waals surface area (Å²) in [6, 6.07) is 10.4. The van der Waals surface area contributed by atoms with Gasteiger partial charge < -0.3 is 9.47 Å². The van der Waals surface area contributed by atoms with Crippen molar-refractivity contribution in [3.05, 3.63) is 58.9 Å². The van der Waals surface area contributed by atoms with E-state index in [2.05, 4.69) is 5.32 Å². The number of nitrogens with one attached hydrogen (secondary N) is 1. The zero-order valence-corrected chi connectivity index (χ0v) is 19.3. The average Bonchev–Trinajstić information content (AvgIpc) is 2.75. The van der Waals surface area contributed by atoms with Crippen LogP contribution in [-0.2, 0) is 4.74 Å². The van der Waals surface area contributed by atoms with Gasteiger partial charge >= 0.3 is 12.3 Å².